The van der Waals surface area contributed by atoms with Crippen LogP contribution in [0.15, 0.2) is 0 Å². The van der Waals surface area contributed by atoms with Crippen LogP contribution in [0.25, 0.3) is 0 Å². The number of nitrogens with one attached hydrogen (secondary N) is 1. The molecule has 0 bridgehead atoms. The molecule has 0 radical (unpaired) electrons. The van der Waals surface area contributed by atoms with Gasteiger partial charge in [0, 0.05) is 6.04 Å². The number of hydroxylamine groups is 1. The zero-order valence-corrected chi connectivity index (χ0v) is 7.95. The molecule has 0 unspecified atom stereocenters. The van der Waals surface area contributed by atoms with Gasteiger partial charge in [0.05, 0.1) is 13.7 Å². The lowest BCUT2D eigenvalue weighted by molar-refractivity contribution is -0.132. The molecule has 1 amide bonds. The number of hydrogen-bond acceptors (Lipinski definition) is 3. The van der Waals surface area contributed by atoms with Gasteiger partial charge in [0.25, 0.3) is 5.91 Å². The highest BCUT2D eigenvalue weighted by molar-refractivity contribution is 5.77. The number of fused-ring (bicyclic) bond motifs is 1. The number of amides is 1. The summed E-state index contributed by atoms with van der Waals surface area (Å²) in [6, 6.07) is 0.691. The minimum Gasteiger partial charge on any atom is -0.291 e. The summed E-state index contributed by atoms with van der Waals surface area (Å²) < 4.78 is 0. The van der Waals surface area contributed by atoms with E-state index in [0.29, 0.717) is 12.6 Å². The zero-order chi connectivity index (χ0) is 9.26. The SMILES string of the molecule is CONC(=O)CN1CCC[C@@H]2C[C@@H]21. The summed E-state index contributed by atoms with van der Waals surface area (Å²) in [5.74, 6) is 0.846. The molecule has 2 fully saturated rings. The summed E-state index contributed by atoms with van der Waals surface area (Å²) in [4.78, 5) is 18.0. The molecule has 13 heavy (non-hydrogen) atoms. The summed E-state index contributed by atoms with van der Waals surface area (Å²) in [6.45, 7) is 1.56. The lowest BCUT2D eigenvalue weighted by Gasteiger charge is -2.25. The van der Waals surface area contributed by atoms with Gasteiger partial charge in [-0.1, -0.05) is 0 Å². The topological polar surface area (TPSA) is 41.6 Å². The molecule has 4 nitrogen and oxygen atoms in total. The highest BCUT2D eigenvalue weighted by Crippen LogP contribution is 2.42. The second-order valence-electron chi connectivity index (χ2n) is 3.91. The van der Waals surface area contributed by atoms with E-state index < -0.39 is 0 Å². The summed E-state index contributed by atoms with van der Waals surface area (Å²) in [6.07, 6.45) is 3.88. The third kappa shape index (κ3) is 2.00. The number of nitrogens with zero attached hydrogens (tertiary/aromatic N) is 1. The van der Waals surface area contributed by atoms with Crippen LogP contribution in [0.1, 0.15) is 19.3 Å². The monoisotopic (exact) mass is 184 g/mol. The van der Waals surface area contributed by atoms with Gasteiger partial charge >= 0.3 is 0 Å². The van der Waals surface area contributed by atoms with Gasteiger partial charge in [-0.25, -0.2) is 5.48 Å². The molecule has 1 N–H and O–H groups in total. The van der Waals surface area contributed by atoms with Gasteiger partial charge in [0.15, 0.2) is 0 Å². The Morgan fingerprint density at radius 2 is 2.54 bits per heavy atom. The number of hydrogen-bond donors (Lipinski definition) is 1. The first kappa shape index (κ1) is 8.97. The molecule has 0 spiro atoms. The Morgan fingerprint density at radius 3 is 3.31 bits per heavy atom. The van der Waals surface area contributed by atoms with Crippen LogP contribution >= 0.6 is 0 Å². The molecule has 1 aliphatic carbocycles. The molecule has 0 aromatic heterocycles. The van der Waals surface area contributed by atoms with Crippen molar-refractivity contribution in [2.24, 2.45) is 5.92 Å². The first-order valence-corrected chi connectivity index (χ1v) is 4.87. The van der Waals surface area contributed by atoms with Crippen molar-refractivity contribution in [1.82, 2.24) is 10.4 Å². The average molecular weight is 184 g/mol. The Bertz CT molecular complexity index is 208. The van der Waals surface area contributed by atoms with Crippen molar-refractivity contribution in [2.75, 3.05) is 20.2 Å². The van der Waals surface area contributed by atoms with E-state index in [1.54, 1.807) is 0 Å². The van der Waals surface area contributed by atoms with Crippen LogP contribution in [0.2, 0.25) is 0 Å². The maximum atomic E-state index is 11.2. The highest BCUT2D eigenvalue weighted by Gasteiger charge is 2.44. The van der Waals surface area contributed by atoms with Crippen LogP contribution in [-0.4, -0.2) is 37.0 Å². The molecule has 1 heterocycles. The quantitative estimate of drug-likeness (QED) is 0.635. The van der Waals surface area contributed by atoms with E-state index in [4.69, 9.17) is 0 Å². The van der Waals surface area contributed by atoms with E-state index >= 15 is 0 Å². The van der Waals surface area contributed by atoms with Gasteiger partial charge in [-0.2, -0.15) is 0 Å². The molecular weight excluding hydrogens is 168 g/mol. The fourth-order valence-electron chi connectivity index (χ4n) is 2.24. The minimum atomic E-state index is -0.0324. The first-order valence-electron chi connectivity index (χ1n) is 4.87. The summed E-state index contributed by atoms with van der Waals surface area (Å²) in [7, 11) is 1.47. The van der Waals surface area contributed by atoms with Crippen molar-refractivity contribution >= 4 is 5.91 Å². The summed E-state index contributed by atoms with van der Waals surface area (Å²) in [5, 5.41) is 0. The van der Waals surface area contributed by atoms with Crippen LogP contribution in [0.3, 0.4) is 0 Å². The van der Waals surface area contributed by atoms with Crippen molar-refractivity contribution in [3.63, 3.8) is 0 Å². The molecule has 1 saturated heterocycles. The molecule has 74 valence electrons. The van der Waals surface area contributed by atoms with Crippen LogP contribution in [-0.2, 0) is 9.63 Å². The number of rotatable bonds is 3. The van der Waals surface area contributed by atoms with E-state index in [1.165, 1.54) is 26.4 Å². The first-order chi connectivity index (χ1) is 6.31. The molecule has 4 heteroatoms. The maximum absolute atomic E-state index is 11.2. The standard InChI is InChI=1S/C9H16N2O2/c1-13-10-9(12)6-11-4-2-3-7-5-8(7)11/h7-8H,2-6H2,1H3,(H,10,12)/t7-,8+/m1/s1. The lowest BCUT2D eigenvalue weighted by Crippen LogP contribution is -2.40. The van der Waals surface area contributed by atoms with Crippen LogP contribution in [0.4, 0.5) is 0 Å². The Hall–Kier alpha value is -0.610. The van der Waals surface area contributed by atoms with Crippen molar-refractivity contribution in [2.45, 2.75) is 25.3 Å². The van der Waals surface area contributed by atoms with Gasteiger partial charge in [0.1, 0.15) is 0 Å². The number of piperidine rings is 1. The van der Waals surface area contributed by atoms with Crippen molar-refractivity contribution in [1.29, 1.82) is 0 Å². The van der Waals surface area contributed by atoms with Crippen molar-refractivity contribution in [3.05, 3.63) is 0 Å². The highest BCUT2D eigenvalue weighted by atomic mass is 16.6. The summed E-state index contributed by atoms with van der Waals surface area (Å²) in [5.41, 5.74) is 2.35. The Labute approximate surface area is 78.2 Å². The van der Waals surface area contributed by atoms with E-state index in [0.717, 1.165) is 12.5 Å². The van der Waals surface area contributed by atoms with Gasteiger partial charge in [-0.05, 0) is 31.7 Å². The molecule has 2 rings (SSSR count). The van der Waals surface area contributed by atoms with Crippen LogP contribution in [0.5, 0.6) is 0 Å². The van der Waals surface area contributed by atoms with E-state index in [-0.39, 0.29) is 5.91 Å². The fraction of sp³-hybridized carbons (Fsp3) is 0.889. The van der Waals surface area contributed by atoms with Crippen LogP contribution < -0.4 is 5.48 Å². The minimum absolute atomic E-state index is 0.0324. The number of likely N-dealkylation sites (tertiary alicyclic amines) is 1. The normalized spacial score (nSPS) is 32.4. The Balaban J connectivity index is 1.77. The van der Waals surface area contributed by atoms with E-state index in [9.17, 15) is 4.79 Å². The molecule has 1 aliphatic heterocycles. The zero-order valence-electron chi connectivity index (χ0n) is 7.95. The van der Waals surface area contributed by atoms with Gasteiger partial charge in [-0.3, -0.25) is 14.5 Å². The van der Waals surface area contributed by atoms with E-state index in [1.807, 2.05) is 0 Å². The second-order valence-corrected chi connectivity index (χ2v) is 3.91. The lowest BCUT2D eigenvalue weighted by atomic mass is 10.1. The van der Waals surface area contributed by atoms with Gasteiger partial charge < -0.3 is 0 Å². The largest absolute Gasteiger partial charge is 0.291 e. The molecular formula is C9H16N2O2. The molecule has 2 atom stereocenters. The summed E-state index contributed by atoms with van der Waals surface area (Å²) >= 11 is 0. The van der Waals surface area contributed by atoms with Crippen molar-refractivity contribution in [3.8, 4) is 0 Å². The average Bonchev–Trinajstić information content (AvgIpc) is 2.84. The van der Waals surface area contributed by atoms with Gasteiger partial charge in [0.2, 0.25) is 0 Å². The third-order valence-electron chi connectivity index (χ3n) is 2.94. The number of carbonyl (C=O) groups excluding carboxylic acids is 1. The maximum Gasteiger partial charge on any atom is 0.257 e. The fourth-order valence-corrected chi connectivity index (χ4v) is 2.24. The molecule has 1 saturated carbocycles. The molecule has 0 aromatic carbocycles. The Morgan fingerprint density at radius 1 is 1.69 bits per heavy atom. The predicted octanol–water partition coefficient (Wildman–Crippen LogP) is 0.148. The Kier molecular flexibility index (Phi) is 2.51. The predicted molar refractivity (Wildman–Crippen MR) is 47.9 cm³/mol. The smallest absolute Gasteiger partial charge is 0.257 e. The van der Waals surface area contributed by atoms with Crippen LogP contribution in [0, 0.1) is 5.92 Å². The second kappa shape index (κ2) is 3.64. The van der Waals surface area contributed by atoms with Gasteiger partial charge in [-0.15, -0.1) is 0 Å². The third-order valence-corrected chi connectivity index (χ3v) is 2.94. The van der Waals surface area contributed by atoms with E-state index in [2.05, 4.69) is 15.2 Å². The number of carbonyl (C=O) groups is 1. The molecule has 2 aliphatic rings. The molecule has 0 aromatic rings. The van der Waals surface area contributed by atoms with Crippen molar-refractivity contribution < 1.29 is 9.63 Å².